The summed E-state index contributed by atoms with van der Waals surface area (Å²) in [4.78, 5) is 37.0. The van der Waals surface area contributed by atoms with Gasteiger partial charge in [0.05, 0.1) is 23.1 Å². The Kier molecular flexibility index (Phi) is 5.73. The third-order valence-corrected chi connectivity index (χ3v) is 5.24. The zero-order valence-corrected chi connectivity index (χ0v) is 16.6. The van der Waals surface area contributed by atoms with Crippen LogP contribution in [-0.2, 0) is 24.5 Å². The van der Waals surface area contributed by atoms with Gasteiger partial charge in [0.2, 0.25) is 11.8 Å². The van der Waals surface area contributed by atoms with Crippen LogP contribution >= 0.6 is 11.8 Å². The molecule has 0 aliphatic carbocycles. The first-order valence-corrected chi connectivity index (χ1v) is 9.59. The highest BCUT2D eigenvalue weighted by Gasteiger charge is 2.29. The summed E-state index contributed by atoms with van der Waals surface area (Å²) in [5.74, 6) is -1.25. The molecule has 2 amide bonds. The summed E-state index contributed by atoms with van der Waals surface area (Å²) < 4.78 is 10.0. The minimum absolute atomic E-state index is 0.130. The first-order chi connectivity index (χ1) is 13.2. The van der Waals surface area contributed by atoms with Gasteiger partial charge in [0, 0.05) is 16.4 Å². The number of aromatic nitrogens is 1. The van der Waals surface area contributed by atoms with Gasteiger partial charge in [0.1, 0.15) is 0 Å². The molecule has 28 heavy (non-hydrogen) atoms. The summed E-state index contributed by atoms with van der Waals surface area (Å²) in [5, 5.41) is 8.54. The standard InChI is InChI=1S/C19H21N3O5S/c1-19(2,3)14-9-16(27-22-14)21-15(23)10-26-17(24)8-13-18(25)20-11-6-4-5-7-12(11)28-13/h4-7,9,13H,8,10H2,1-3H3,(H,20,25)(H,21,23)/t13-/m1/s1. The van der Waals surface area contributed by atoms with E-state index in [-0.39, 0.29) is 23.6 Å². The van der Waals surface area contributed by atoms with Crippen LogP contribution in [0, 0.1) is 0 Å². The van der Waals surface area contributed by atoms with Crippen LogP contribution in [0.5, 0.6) is 0 Å². The topological polar surface area (TPSA) is 111 Å². The number of fused-ring (bicyclic) bond motifs is 1. The molecule has 2 heterocycles. The van der Waals surface area contributed by atoms with Gasteiger partial charge in [0.25, 0.3) is 5.91 Å². The van der Waals surface area contributed by atoms with Crippen molar-refractivity contribution < 1.29 is 23.6 Å². The van der Waals surface area contributed by atoms with Gasteiger partial charge in [-0.3, -0.25) is 19.7 Å². The molecular formula is C19H21N3O5S. The predicted molar refractivity (Wildman–Crippen MR) is 104 cm³/mol. The van der Waals surface area contributed by atoms with E-state index in [0.717, 1.165) is 10.6 Å². The van der Waals surface area contributed by atoms with Crippen molar-refractivity contribution in [3.05, 3.63) is 36.0 Å². The van der Waals surface area contributed by atoms with Crippen molar-refractivity contribution in [3.8, 4) is 0 Å². The molecule has 0 bridgehead atoms. The van der Waals surface area contributed by atoms with Crippen molar-refractivity contribution in [3.63, 3.8) is 0 Å². The fraction of sp³-hybridized carbons (Fsp3) is 0.368. The Morgan fingerprint density at radius 3 is 2.79 bits per heavy atom. The molecule has 2 aromatic rings. The van der Waals surface area contributed by atoms with Gasteiger partial charge < -0.3 is 14.6 Å². The van der Waals surface area contributed by atoms with Gasteiger partial charge in [-0.15, -0.1) is 11.8 Å². The second-order valence-electron chi connectivity index (χ2n) is 7.33. The van der Waals surface area contributed by atoms with Crippen LogP contribution in [0.25, 0.3) is 0 Å². The van der Waals surface area contributed by atoms with E-state index in [1.54, 1.807) is 12.1 Å². The summed E-state index contributed by atoms with van der Waals surface area (Å²) in [7, 11) is 0. The number of hydrogen-bond donors (Lipinski definition) is 2. The fourth-order valence-corrected chi connectivity index (χ4v) is 3.54. The molecule has 0 radical (unpaired) electrons. The van der Waals surface area contributed by atoms with Crippen LogP contribution < -0.4 is 10.6 Å². The normalized spacial score (nSPS) is 16.1. The third-order valence-electron chi connectivity index (χ3n) is 3.96. The number of thioether (sulfide) groups is 1. The van der Waals surface area contributed by atoms with Gasteiger partial charge in [-0.25, -0.2) is 0 Å². The second-order valence-corrected chi connectivity index (χ2v) is 8.58. The highest BCUT2D eigenvalue weighted by molar-refractivity contribution is 8.01. The van der Waals surface area contributed by atoms with Gasteiger partial charge in [-0.2, -0.15) is 0 Å². The molecule has 1 aliphatic rings. The lowest BCUT2D eigenvalue weighted by atomic mass is 9.92. The molecule has 8 nitrogen and oxygen atoms in total. The minimum atomic E-state index is -0.630. The molecular weight excluding hydrogens is 382 g/mol. The average Bonchev–Trinajstić information content (AvgIpc) is 3.09. The number of anilines is 2. The van der Waals surface area contributed by atoms with Crippen LogP contribution in [0.2, 0.25) is 0 Å². The van der Waals surface area contributed by atoms with Crippen LogP contribution in [0.4, 0.5) is 11.6 Å². The van der Waals surface area contributed by atoms with E-state index in [4.69, 9.17) is 9.26 Å². The van der Waals surface area contributed by atoms with Crippen LogP contribution in [0.1, 0.15) is 32.9 Å². The highest BCUT2D eigenvalue weighted by Crippen LogP contribution is 2.36. The number of esters is 1. The van der Waals surface area contributed by atoms with Gasteiger partial charge in [-0.1, -0.05) is 38.1 Å². The Morgan fingerprint density at radius 1 is 1.32 bits per heavy atom. The van der Waals surface area contributed by atoms with Crippen molar-refractivity contribution >= 4 is 41.1 Å². The minimum Gasteiger partial charge on any atom is -0.456 e. The van der Waals surface area contributed by atoms with E-state index in [2.05, 4.69) is 15.8 Å². The molecule has 9 heteroatoms. The van der Waals surface area contributed by atoms with Gasteiger partial charge >= 0.3 is 5.97 Å². The van der Waals surface area contributed by atoms with E-state index in [1.807, 2.05) is 39.0 Å². The summed E-state index contributed by atoms with van der Waals surface area (Å²) in [5.41, 5.74) is 1.21. The van der Waals surface area contributed by atoms with E-state index >= 15 is 0 Å². The van der Waals surface area contributed by atoms with Crippen molar-refractivity contribution in [2.45, 2.75) is 42.8 Å². The zero-order chi connectivity index (χ0) is 20.3. The number of para-hydroxylation sites is 1. The van der Waals surface area contributed by atoms with Gasteiger partial charge in [0.15, 0.2) is 6.61 Å². The Hall–Kier alpha value is -2.81. The molecule has 1 aromatic carbocycles. The van der Waals surface area contributed by atoms with Crippen LogP contribution in [0.15, 0.2) is 39.8 Å². The molecule has 0 saturated carbocycles. The smallest absolute Gasteiger partial charge is 0.307 e. The molecule has 1 aliphatic heterocycles. The summed E-state index contributed by atoms with van der Waals surface area (Å²) in [6.45, 7) is 5.43. The molecule has 3 rings (SSSR count). The summed E-state index contributed by atoms with van der Waals surface area (Å²) in [6.07, 6.45) is -0.130. The predicted octanol–water partition coefficient (Wildman–Crippen LogP) is 2.96. The van der Waals surface area contributed by atoms with E-state index in [1.165, 1.54) is 11.8 Å². The summed E-state index contributed by atoms with van der Waals surface area (Å²) >= 11 is 1.30. The zero-order valence-electron chi connectivity index (χ0n) is 15.8. The maximum absolute atomic E-state index is 12.1. The maximum Gasteiger partial charge on any atom is 0.307 e. The lowest BCUT2D eigenvalue weighted by Crippen LogP contribution is -2.32. The summed E-state index contributed by atoms with van der Waals surface area (Å²) in [6, 6.07) is 8.98. The number of nitrogens with one attached hydrogen (secondary N) is 2. The molecule has 0 unspecified atom stereocenters. The Labute approximate surface area is 166 Å². The molecule has 148 valence electrons. The lowest BCUT2D eigenvalue weighted by Gasteiger charge is -2.23. The number of ether oxygens (including phenoxy) is 1. The van der Waals surface area contributed by atoms with E-state index < -0.39 is 23.7 Å². The number of hydrogen-bond acceptors (Lipinski definition) is 7. The number of carbonyl (C=O) groups excluding carboxylic acids is 3. The Bertz CT molecular complexity index is 903. The van der Waals surface area contributed by atoms with Crippen LogP contribution in [-0.4, -0.2) is 34.8 Å². The lowest BCUT2D eigenvalue weighted by molar-refractivity contribution is -0.147. The Balaban J connectivity index is 1.47. The molecule has 1 aromatic heterocycles. The number of nitrogens with zero attached hydrogens (tertiary/aromatic N) is 1. The monoisotopic (exact) mass is 403 g/mol. The molecule has 0 saturated heterocycles. The highest BCUT2D eigenvalue weighted by atomic mass is 32.2. The first kappa shape index (κ1) is 19.9. The molecule has 2 N–H and O–H groups in total. The number of benzene rings is 1. The molecule has 0 fully saturated rings. The first-order valence-electron chi connectivity index (χ1n) is 8.71. The largest absolute Gasteiger partial charge is 0.456 e. The SMILES string of the molecule is CC(C)(C)c1cc(NC(=O)COC(=O)C[C@H]2Sc3ccccc3NC2=O)on1. The van der Waals surface area contributed by atoms with Gasteiger partial charge in [-0.05, 0) is 12.1 Å². The second kappa shape index (κ2) is 8.05. The third kappa shape index (κ3) is 4.92. The van der Waals surface area contributed by atoms with Crippen molar-refractivity contribution in [2.24, 2.45) is 0 Å². The molecule has 0 spiro atoms. The van der Waals surface area contributed by atoms with E-state index in [9.17, 15) is 14.4 Å². The number of amides is 2. The van der Waals surface area contributed by atoms with Crippen LogP contribution in [0.3, 0.4) is 0 Å². The van der Waals surface area contributed by atoms with Crippen molar-refractivity contribution in [1.82, 2.24) is 5.16 Å². The Morgan fingerprint density at radius 2 is 2.07 bits per heavy atom. The quantitative estimate of drug-likeness (QED) is 0.739. The van der Waals surface area contributed by atoms with Crippen molar-refractivity contribution in [1.29, 1.82) is 0 Å². The number of rotatable bonds is 5. The average molecular weight is 403 g/mol. The van der Waals surface area contributed by atoms with E-state index in [0.29, 0.717) is 5.69 Å². The van der Waals surface area contributed by atoms with Crippen molar-refractivity contribution in [2.75, 3.05) is 17.2 Å². The maximum atomic E-state index is 12.1. The molecule has 1 atom stereocenters. The number of carbonyl (C=O) groups is 3. The fourth-order valence-electron chi connectivity index (χ4n) is 2.44.